The summed E-state index contributed by atoms with van der Waals surface area (Å²) in [7, 11) is 0. The lowest BCUT2D eigenvalue weighted by Crippen LogP contribution is -2.31. The summed E-state index contributed by atoms with van der Waals surface area (Å²) in [5, 5.41) is 6.06. The van der Waals surface area contributed by atoms with Gasteiger partial charge in [0.15, 0.2) is 11.5 Å². The molecule has 0 bridgehead atoms. The Bertz CT molecular complexity index is 673. The van der Waals surface area contributed by atoms with Gasteiger partial charge in [-0.1, -0.05) is 18.2 Å². The average Bonchev–Trinajstić information content (AvgIpc) is 2.80. The minimum atomic E-state index is -0.375. The van der Waals surface area contributed by atoms with Gasteiger partial charge < -0.3 is 20.1 Å². The summed E-state index contributed by atoms with van der Waals surface area (Å²) in [6, 6.07) is 14.7. The van der Waals surface area contributed by atoms with E-state index < -0.39 is 0 Å². The molecule has 0 radical (unpaired) electrons. The molecule has 1 unspecified atom stereocenters. The van der Waals surface area contributed by atoms with Gasteiger partial charge in [-0.05, 0) is 31.2 Å². The van der Waals surface area contributed by atoms with Gasteiger partial charge >= 0.3 is 0 Å². The fourth-order valence-electron chi connectivity index (χ4n) is 2.34. The van der Waals surface area contributed by atoms with Crippen LogP contribution in [0.2, 0.25) is 0 Å². The maximum atomic E-state index is 12.2. The Balaban J connectivity index is 1.64. The van der Waals surface area contributed by atoms with Gasteiger partial charge in [0.2, 0.25) is 5.91 Å². The normalized spacial score (nSPS) is 14.5. The maximum absolute atomic E-state index is 12.2. The van der Waals surface area contributed by atoms with Crippen molar-refractivity contribution in [3.05, 3.63) is 48.5 Å². The van der Waals surface area contributed by atoms with E-state index in [9.17, 15) is 4.79 Å². The van der Waals surface area contributed by atoms with E-state index in [1.54, 1.807) is 0 Å². The number of carbonyl (C=O) groups is 1. The van der Waals surface area contributed by atoms with Crippen LogP contribution >= 0.6 is 0 Å². The number of amides is 1. The number of anilines is 2. The molecule has 0 aromatic heterocycles. The monoisotopic (exact) mass is 312 g/mol. The fourth-order valence-corrected chi connectivity index (χ4v) is 2.34. The van der Waals surface area contributed by atoms with Gasteiger partial charge in [0, 0.05) is 23.9 Å². The Morgan fingerprint density at radius 3 is 2.52 bits per heavy atom. The Kier molecular flexibility index (Phi) is 4.66. The number of ether oxygens (including phenoxy) is 2. The molecule has 1 atom stereocenters. The Morgan fingerprint density at radius 1 is 1.00 bits per heavy atom. The van der Waals surface area contributed by atoms with E-state index in [2.05, 4.69) is 10.6 Å². The van der Waals surface area contributed by atoms with Crippen molar-refractivity contribution in [3.63, 3.8) is 0 Å². The molecule has 0 saturated heterocycles. The molecule has 2 N–H and O–H groups in total. The number of hydrogen-bond donors (Lipinski definition) is 2. The van der Waals surface area contributed by atoms with Crippen LogP contribution in [0.15, 0.2) is 48.5 Å². The second kappa shape index (κ2) is 7.05. The van der Waals surface area contributed by atoms with Crippen LogP contribution in [0.3, 0.4) is 0 Å². The number of rotatable bonds is 4. The predicted octanol–water partition coefficient (Wildman–Crippen LogP) is 3.29. The zero-order valence-corrected chi connectivity index (χ0v) is 13.0. The van der Waals surface area contributed by atoms with Crippen LogP contribution in [0.25, 0.3) is 0 Å². The largest absolute Gasteiger partial charge is 0.490 e. The molecule has 5 heteroatoms. The van der Waals surface area contributed by atoms with Crippen LogP contribution in [0.1, 0.15) is 13.3 Å². The highest BCUT2D eigenvalue weighted by molar-refractivity contribution is 5.96. The second-order valence-corrected chi connectivity index (χ2v) is 5.43. The van der Waals surface area contributed by atoms with Crippen molar-refractivity contribution in [2.24, 2.45) is 0 Å². The molecule has 0 saturated carbocycles. The zero-order chi connectivity index (χ0) is 16.1. The average molecular weight is 312 g/mol. The summed E-state index contributed by atoms with van der Waals surface area (Å²) in [5.41, 5.74) is 1.61. The van der Waals surface area contributed by atoms with E-state index in [-0.39, 0.29) is 11.9 Å². The van der Waals surface area contributed by atoms with Crippen LogP contribution in [0.4, 0.5) is 11.4 Å². The van der Waals surface area contributed by atoms with Crippen molar-refractivity contribution in [3.8, 4) is 11.5 Å². The summed E-state index contributed by atoms with van der Waals surface area (Å²) in [6.45, 7) is 3.12. The first-order valence-electron chi connectivity index (χ1n) is 7.74. The van der Waals surface area contributed by atoms with Crippen molar-refractivity contribution in [2.45, 2.75) is 19.4 Å². The number of carbonyl (C=O) groups excluding carboxylic acids is 1. The number of hydrogen-bond acceptors (Lipinski definition) is 4. The molecule has 0 aliphatic carbocycles. The molecule has 5 nitrogen and oxygen atoms in total. The van der Waals surface area contributed by atoms with Crippen molar-refractivity contribution < 1.29 is 14.3 Å². The number of para-hydroxylation sites is 1. The third-order valence-electron chi connectivity index (χ3n) is 3.57. The zero-order valence-electron chi connectivity index (χ0n) is 13.0. The molecule has 0 fully saturated rings. The van der Waals surface area contributed by atoms with Crippen molar-refractivity contribution in [1.82, 2.24) is 0 Å². The van der Waals surface area contributed by atoms with Gasteiger partial charge in [-0.2, -0.15) is 0 Å². The van der Waals surface area contributed by atoms with Crippen LogP contribution in [-0.4, -0.2) is 25.2 Å². The molecule has 2 aromatic carbocycles. The van der Waals surface area contributed by atoms with Gasteiger partial charge in [0.05, 0.1) is 13.2 Å². The Labute approximate surface area is 135 Å². The number of benzene rings is 2. The molecule has 1 aliphatic heterocycles. The van der Waals surface area contributed by atoms with E-state index in [0.29, 0.717) is 19.0 Å². The number of nitrogens with one attached hydrogen (secondary N) is 2. The van der Waals surface area contributed by atoms with E-state index in [1.807, 2.05) is 55.5 Å². The molecule has 120 valence electrons. The first-order valence-corrected chi connectivity index (χ1v) is 7.74. The Morgan fingerprint density at radius 2 is 1.74 bits per heavy atom. The molecule has 0 spiro atoms. The van der Waals surface area contributed by atoms with Crippen LogP contribution in [0.5, 0.6) is 11.5 Å². The van der Waals surface area contributed by atoms with Crippen LogP contribution in [-0.2, 0) is 4.79 Å². The van der Waals surface area contributed by atoms with Crippen molar-refractivity contribution >= 4 is 17.3 Å². The summed E-state index contributed by atoms with van der Waals surface area (Å²) < 4.78 is 11.3. The SMILES string of the molecule is CC(Nc1ccc2c(c1)OCCCO2)C(=O)Nc1ccccc1. The first-order chi connectivity index (χ1) is 11.2. The quantitative estimate of drug-likeness (QED) is 0.909. The van der Waals surface area contributed by atoms with E-state index >= 15 is 0 Å². The minimum absolute atomic E-state index is 0.0942. The van der Waals surface area contributed by atoms with E-state index in [1.165, 1.54) is 0 Å². The Hall–Kier alpha value is -2.69. The summed E-state index contributed by atoms with van der Waals surface area (Å²) >= 11 is 0. The van der Waals surface area contributed by atoms with Gasteiger partial charge in [0.25, 0.3) is 0 Å². The lowest BCUT2D eigenvalue weighted by atomic mass is 10.2. The summed E-state index contributed by atoms with van der Waals surface area (Å²) in [6.07, 6.45) is 0.868. The fraction of sp³-hybridized carbons (Fsp3) is 0.278. The highest BCUT2D eigenvalue weighted by Gasteiger charge is 2.15. The van der Waals surface area contributed by atoms with Gasteiger partial charge in [-0.25, -0.2) is 0 Å². The minimum Gasteiger partial charge on any atom is -0.490 e. The van der Waals surface area contributed by atoms with Crippen molar-refractivity contribution in [1.29, 1.82) is 0 Å². The smallest absolute Gasteiger partial charge is 0.246 e. The standard InChI is InChI=1S/C18H20N2O3/c1-13(18(21)20-14-6-3-2-4-7-14)19-15-8-9-16-17(12-15)23-11-5-10-22-16/h2-4,6-9,12-13,19H,5,10-11H2,1H3,(H,20,21). The van der Waals surface area contributed by atoms with Crippen LogP contribution in [0, 0.1) is 0 Å². The first kappa shape index (κ1) is 15.2. The van der Waals surface area contributed by atoms with Gasteiger partial charge in [0.1, 0.15) is 6.04 Å². The van der Waals surface area contributed by atoms with Crippen molar-refractivity contribution in [2.75, 3.05) is 23.8 Å². The van der Waals surface area contributed by atoms with Crippen LogP contribution < -0.4 is 20.1 Å². The van der Waals surface area contributed by atoms with Gasteiger partial charge in [-0.3, -0.25) is 4.79 Å². The molecular formula is C18H20N2O3. The maximum Gasteiger partial charge on any atom is 0.246 e. The molecule has 23 heavy (non-hydrogen) atoms. The van der Waals surface area contributed by atoms with E-state index in [4.69, 9.17) is 9.47 Å². The highest BCUT2D eigenvalue weighted by Crippen LogP contribution is 2.32. The lowest BCUT2D eigenvalue weighted by Gasteiger charge is -2.16. The molecule has 2 aromatic rings. The third kappa shape index (κ3) is 3.94. The third-order valence-corrected chi connectivity index (χ3v) is 3.57. The van der Waals surface area contributed by atoms with E-state index in [0.717, 1.165) is 23.5 Å². The topological polar surface area (TPSA) is 59.6 Å². The molecule has 1 aliphatic rings. The molecule has 3 rings (SSSR count). The molecular weight excluding hydrogens is 292 g/mol. The molecule has 1 heterocycles. The highest BCUT2D eigenvalue weighted by atomic mass is 16.5. The lowest BCUT2D eigenvalue weighted by molar-refractivity contribution is -0.116. The second-order valence-electron chi connectivity index (χ2n) is 5.43. The number of fused-ring (bicyclic) bond motifs is 1. The summed E-state index contributed by atoms with van der Waals surface area (Å²) in [4.78, 5) is 12.2. The predicted molar refractivity (Wildman–Crippen MR) is 90.2 cm³/mol. The van der Waals surface area contributed by atoms with Gasteiger partial charge in [-0.15, -0.1) is 0 Å². The molecule has 1 amide bonds. The summed E-state index contributed by atoms with van der Waals surface area (Å²) in [5.74, 6) is 1.36.